The van der Waals surface area contributed by atoms with Gasteiger partial charge in [-0.05, 0) is 49.3 Å². The topological polar surface area (TPSA) is 50.8 Å². The van der Waals surface area contributed by atoms with Crippen molar-refractivity contribution in [1.29, 1.82) is 0 Å². The highest BCUT2D eigenvalue weighted by atomic mass is 19.1. The molecule has 25 heavy (non-hydrogen) atoms. The third kappa shape index (κ3) is 3.65. The van der Waals surface area contributed by atoms with Crippen LogP contribution in [0.25, 0.3) is 0 Å². The molecule has 0 aromatic heterocycles. The van der Waals surface area contributed by atoms with Crippen LogP contribution in [0.5, 0.6) is 0 Å². The van der Waals surface area contributed by atoms with Gasteiger partial charge in [0.2, 0.25) is 0 Å². The quantitative estimate of drug-likeness (QED) is 0.914. The minimum absolute atomic E-state index is 0.0511. The Morgan fingerprint density at radius 3 is 2.80 bits per heavy atom. The van der Waals surface area contributed by atoms with Gasteiger partial charge in [0.1, 0.15) is 5.82 Å². The summed E-state index contributed by atoms with van der Waals surface area (Å²) in [7, 11) is 0. The largest absolute Gasteiger partial charge is 0.379 e. The number of likely N-dealkylation sites (tertiary alicyclic amines) is 1. The maximum Gasteiger partial charge on any atom is 0.317 e. The second-order valence-electron chi connectivity index (χ2n) is 7.16. The second-order valence-corrected chi connectivity index (χ2v) is 7.16. The van der Waals surface area contributed by atoms with E-state index in [4.69, 9.17) is 9.47 Å². The van der Waals surface area contributed by atoms with Crippen molar-refractivity contribution in [1.82, 2.24) is 10.2 Å². The lowest BCUT2D eigenvalue weighted by molar-refractivity contribution is -0.0392. The van der Waals surface area contributed by atoms with Crippen molar-refractivity contribution < 1.29 is 18.7 Å². The molecule has 0 radical (unpaired) electrons. The summed E-state index contributed by atoms with van der Waals surface area (Å²) in [5.74, 6) is -0.164. The van der Waals surface area contributed by atoms with Crippen LogP contribution in [0, 0.1) is 5.82 Å². The van der Waals surface area contributed by atoms with Crippen LogP contribution in [0.4, 0.5) is 9.18 Å². The van der Waals surface area contributed by atoms with E-state index < -0.39 is 0 Å². The molecular weight excluding hydrogens is 323 g/mol. The highest BCUT2D eigenvalue weighted by molar-refractivity contribution is 5.75. The van der Waals surface area contributed by atoms with Gasteiger partial charge in [-0.15, -0.1) is 0 Å². The Bertz CT molecular complexity index is 625. The highest BCUT2D eigenvalue weighted by Gasteiger charge is 2.30. The average molecular weight is 348 g/mol. The summed E-state index contributed by atoms with van der Waals surface area (Å²) in [5.41, 5.74) is 1.67. The molecule has 2 saturated heterocycles. The van der Waals surface area contributed by atoms with Gasteiger partial charge in [-0.1, -0.05) is 12.1 Å². The number of halogens is 1. The molecule has 2 atom stereocenters. The number of carbonyl (C=O) groups excluding carboxylic acids is 1. The van der Waals surface area contributed by atoms with E-state index in [1.165, 1.54) is 6.07 Å². The molecule has 6 heteroatoms. The summed E-state index contributed by atoms with van der Waals surface area (Å²) in [5, 5.41) is 3.08. The van der Waals surface area contributed by atoms with Gasteiger partial charge in [-0.2, -0.15) is 0 Å². The number of nitrogens with zero attached hydrogens (tertiary/aromatic N) is 1. The number of piperidine rings is 1. The first-order valence-corrected chi connectivity index (χ1v) is 9.26. The molecule has 2 amide bonds. The summed E-state index contributed by atoms with van der Waals surface area (Å²) in [4.78, 5) is 14.4. The van der Waals surface area contributed by atoms with Crippen LogP contribution in [0.2, 0.25) is 0 Å². The Kier molecular flexibility index (Phi) is 4.90. The zero-order valence-electron chi connectivity index (χ0n) is 14.4. The van der Waals surface area contributed by atoms with Gasteiger partial charge in [0, 0.05) is 19.7 Å². The molecule has 0 unspecified atom stereocenters. The molecule has 1 aliphatic carbocycles. The smallest absolute Gasteiger partial charge is 0.317 e. The molecule has 4 rings (SSSR count). The second kappa shape index (κ2) is 7.30. The first-order chi connectivity index (χ1) is 12.2. The Balaban J connectivity index is 1.28. The zero-order valence-corrected chi connectivity index (χ0v) is 14.4. The van der Waals surface area contributed by atoms with E-state index in [0.717, 1.165) is 43.4 Å². The van der Waals surface area contributed by atoms with Crippen molar-refractivity contribution in [3.8, 4) is 0 Å². The van der Waals surface area contributed by atoms with E-state index in [0.29, 0.717) is 26.1 Å². The van der Waals surface area contributed by atoms with Crippen molar-refractivity contribution in [2.45, 2.75) is 50.4 Å². The molecule has 2 aliphatic heterocycles. The number of carbonyl (C=O) groups is 1. The number of amides is 2. The Morgan fingerprint density at radius 2 is 2.04 bits per heavy atom. The Labute approximate surface area is 147 Å². The van der Waals surface area contributed by atoms with E-state index in [9.17, 15) is 9.18 Å². The van der Waals surface area contributed by atoms with Crippen molar-refractivity contribution in [2.75, 3.05) is 26.3 Å². The van der Waals surface area contributed by atoms with Gasteiger partial charge in [0.15, 0.2) is 0 Å². The predicted molar refractivity (Wildman–Crippen MR) is 90.9 cm³/mol. The maximum atomic E-state index is 13.8. The number of hydrogen-bond donors (Lipinski definition) is 1. The van der Waals surface area contributed by atoms with Crippen molar-refractivity contribution in [3.63, 3.8) is 0 Å². The minimum atomic E-state index is -0.164. The maximum absolute atomic E-state index is 13.8. The van der Waals surface area contributed by atoms with Crippen LogP contribution >= 0.6 is 0 Å². The molecule has 0 spiro atoms. The number of urea groups is 1. The van der Waals surface area contributed by atoms with Crippen molar-refractivity contribution in [3.05, 3.63) is 35.1 Å². The van der Waals surface area contributed by atoms with E-state index in [2.05, 4.69) is 5.32 Å². The van der Waals surface area contributed by atoms with Crippen LogP contribution in [-0.4, -0.2) is 49.4 Å². The molecule has 2 fully saturated rings. The fraction of sp³-hybridized carbons (Fsp3) is 0.632. The molecule has 3 aliphatic rings. The van der Waals surface area contributed by atoms with Crippen LogP contribution < -0.4 is 5.32 Å². The fourth-order valence-electron chi connectivity index (χ4n) is 4.09. The first kappa shape index (κ1) is 16.8. The van der Waals surface area contributed by atoms with Crippen LogP contribution in [0.15, 0.2) is 18.2 Å². The summed E-state index contributed by atoms with van der Waals surface area (Å²) in [6.45, 7) is 2.88. The average Bonchev–Trinajstić information content (AvgIpc) is 3.27. The van der Waals surface area contributed by atoms with E-state index >= 15 is 0 Å². The fourth-order valence-corrected chi connectivity index (χ4v) is 4.09. The molecule has 0 bridgehead atoms. The van der Waals surface area contributed by atoms with Crippen LogP contribution in [0.3, 0.4) is 0 Å². The zero-order chi connectivity index (χ0) is 17.2. The Hall–Kier alpha value is -1.66. The number of benzene rings is 1. The summed E-state index contributed by atoms with van der Waals surface area (Å²) in [6.07, 6.45) is 4.58. The molecule has 2 heterocycles. The van der Waals surface area contributed by atoms with Gasteiger partial charge in [-0.3, -0.25) is 0 Å². The Morgan fingerprint density at radius 1 is 1.20 bits per heavy atom. The number of ether oxygens (including phenoxy) is 2. The van der Waals surface area contributed by atoms with Gasteiger partial charge < -0.3 is 19.7 Å². The minimum Gasteiger partial charge on any atom is -0.379 e. The van der Waals surface area contributed by atoms with Crippen molar-refractivity contribution >= 4 is 6.03 Å². The van der Waals surface area contributed by atoms with Gasteiger partial charge in [0.05, 0.1) is 24.9 Å². The van der Waals surface area contributed by atoms with Gasteiger partial charge in [-0.25, -0.2) is 9.18 Å². The van der Waals surface area contributed by atoms with E-state index in [-0.39, 0.29) is 30.1 Å². The molecule has 136 valence electrons. The van der Waals surface area contributed by atoms with Crippen LogP contribution in [-0.2, 0) is 15.9 Å². The molecular formula is C19H25FN2O3. The predicted octanol–water partition coefficient (Wildman–Crippen LogP) is 2.79. The number of rotatable bonds is 3. The third-order valence-corrected chi connectivity index (χ3v) is 5.51. The number of fused-ring (bicyclic) bond motifs is 1. The van der Waals surface area contributed by atoms with Gasteiger partial charge >= 0.3 is 6.03 Å². The molecule has 0 saturated carbocycles. The van der Waals surface area contributed by atoms with Crippen LogP contribution in [0.1, 0.15) is 42.9 Å². The molecule has 1 aromatic rings. The van der Waals surface area contributed by atoms with E-state index in [1.54, 1.807) is 6.07 Å². The number of hydrogen-bond acceptors (Lipinski definition) is 3. The molecule has 5 nitrogen and oxygen atoms in total. The van der Waals surface area contributed by atoms with E-state index in [1.807, 2.05) is 11.0 Å². The summed E-state index contributed by atoms with van der Waals surface area (Å²) >= 11 is 0. The third-order valence-electron chi connectivity index (χ3n) is 5.51. The lowest BCUT2D eigenvalue weighted by Gasteiger charge is -2.33. The summed E-state index contributed by atoms with van der Waals surface area (Å²) in [6, 6.07) is 4.99. The molecule has 1 N–H and O–H groups in total. The normalized spacial score (nSPS) is 26.7. The standard InChI is InChI=1S/C19H25FN2O3/c20-17-3-1-2-16-15(17)4-5-18(16)21-19(23)22-9-6-13(7-10-22)25-14-8-11-24-12-14/h1-3,13-14,18H,4-12H2,(H,21,23)/t14-,18-/m1/s1. The lowest BCUT2D eigenvalue weighted by atomic mass is 10.1. The number of nitrogens with one attached hydrogen (secondary N) is 1. The monoisotopic (exact) mass is 348 g/mol. The van der Waals surface area contributed by atoms with Crippen molar-refractivity contribution in [2.24, 2.45) is 0 Å². The van der Waals surface area contributed by atoms with Gasteiger partial charge in [0.25, 0.3) is 0 Å². The SMILES string of the molecule is O=C(N[C@@H]1CCc2c(F)cccc21)N1CCC(O[C@@H]2CCOC2)CC1. The summed E-state index contributed by atoms with van der Waals surface area (Å²) < 4.78 is 25.2. The first-order valence-electron chi connectivity index (χ1n) is 9.26. The molecule has 1 aromatic carbocycles. The lowest BCUT2D eigenvalue weighted by Crippen LogP contribution is -2.47. The highest BCUT2D eigenvalue weighted by Crippen LogP contribution is 2.33.